The van der Waals surface area contributed by atoms with Crippen molar-refractivity contribution in [2.45, 2.75) is 52.0 Å². The smallest absolute Gasteiger partial charge is 0.224 e. The fraction of sp³-hybridized carbons (Fsp3) is 0.667. The minimum absolute atomic E-state index is 0.134. The molecule has 25 heavy (non-hydrogen) atoms. The van der Waals surface area contributed by atoms with Crippen molar-refractivity contribution in [3.05, 3.63) is 34.9 Å². The summed E-state index contributed by atoms with van der Waals surface area (Å²) in [6.07, 6.45) is 5.42. The molecule has 1 N–H and O–H groups in total. The van der Waals surface area contributed by atoms with Gasteiger partial charge in [-0.15, -0.1) is 0 Å². The predicted octanol–water partition coefficient (Wildman–Crippen LogP) is 2.58. The summed E-state index contributed by atoms with van der Waals surface area (Å²) in [6.45, 7) is 8.71. The van der Waals surface area contributed by atoms with Gasteiger partial charge in [-0.1, -0.05) is 32.0 Å². The van der Waals surface area contributed by atoms with Crippen molar-refractivity contribution in [3.63, 3.8) is 0 Å². The van der Waals surface area contributed by atoms with Crippen LogP contribution >= 0.6 is 0 Å². The normalized spacial score (nSPS) is 19.5. The molecule has 4 heteroatoms. The first kappa shape index (κ1) is 18.4. The summed E-state index contributed by atoms with van der Waals surface area (Å²) < 4.78 is 5.45. The topological polar surface area (TPSA) is 41.6 Å². The van der Waals surface area contributed by atoms with Crippen LogP contribution in [-0.2, 0) is 28.8 Å². The number of nitrogens with zero attached hydrogens (tertiary/aromatic N) is 1. The van der Waals surface area contributed by atoms with E-state index in [1.807, 2.05) is 0 Å². The Labute approximate surface area is 151 Å². The zero-order valence-electron chi connectivity index (χ0n) is 15.7. The first-order valence-electron chi connectivity index (χ1n) is 9.82. The van der Waals surface area contributed by atoms with Crippen molar-refractivity contribution in [1.29, 1.82) is 0 Å². The van der Waals surface area contributed by atoms with E-state index in [0.29, 0.717) is 18.4 Å². The van der Waals surface area contributed by atoms with E-state index in [-0.39, 0.29) is 5.91 Å². The molecule has 1 heterocycles. The first-order valence-corrected chi connectivity index (χ1v) is 9.82. The molecule has 0 aromatic heterocycles. The van der Waals surface area contributed by atoms with Crippen LogP contribution in [0, 0.1) is 5.92 Å². The molecule has 1 aromatic carbocycles. The summed E-state index contributed by atoms with van der Waals surface area (Å²) in [5, 5.41) is 3.17. The molecular weight excluding hydrogens is 312 g/mol. The van der Waals surface area contributed by atoms with Gasteiger partial charge in [0.25, 0.3) is 0 Å². The van der Waals surface area contributed by atoms with Crippen molar-refractivity contribution in [1.82, 2.24) is 10.2 Å². The Bertz CT molecular complexity index is 579. The van der Waals surface area contributed by atoms with Crippen LogP contribution in [-0.4, -0.2) is 49.7 Å². The number of hydrogen-bond acceptors (Lipinski definition) is 3. The molecule has 1 aromatic rings. The van der Waals surface area contributed by atoms with Gasteiger partial charge in [-0.25, -0.2) is 0 Å². The molecule has 2 aliphatic rings. The molecule has 1 saturated heterocycles. The quantitative estimate of drug-likeness (QED) is 0.862. The average molecular weight is 344 g/mol. The van der Waals surface area contributed by atoms with E-state index in [1.165, 1.54) is 30.4 Å². The van der Waals surface area contributed by atoms with Crippen LogP contribution in [0.15, 0.2) is 18.2 Å². The van der Waals surface area contributed by atoms with E-state index in [2.05, 4.69) is 42.3 Å². The second-order valence-corrected chi connectivity index (χ2v) is 7.75. The largest absolute Gasteiger partial charge is 0.379 e. The Morgan fingerprint density at radius 1 is 1.16 bits per heavy atom. The summed E-state index contributed by atoms with van der Waals surface area (Å²) >= 11 is 0. The number of carbonyl (C=O) groups excluding carboxylic acids is 1. The number of benzene rings is 1. The maximum atomic E-state index is 12.4. The second kappa shape index (κ2) is 8.81. The van der Waals surface area contributed by atoms with Crippen LogP contribution in [0.25, 0.3) is 0 Å². The van der Waals surface area contributed by atoms with Gasteiger partial charge < -0.3 is 10.1 Å². The van der Waals surface area contributed by atoms with Gasteiger partial charge in [-0.05, 0) is 48.3 Å². The van der Waals surface area contributed by atoms with Crippen LogP contribution in [0.2, 0.25) is 0 Å². The highest BCUT2D eigenvalue weighted by atomic mass is 16.5. The van der Waals surface area contributed by atoms with Gasteiger partial charge in [0, 0.05) is 25.7 Å². The molecule has 0 saturated carbocycles. The predicted molar refractivity (Wildman–Crippen MR) is 101 cm³/mol. The highest BCUT2D eigenvalue weighted by Gasteiger charge is 2.24. The summed E-state index contributed by atoms with van der Waals surface area (Å²) in [4.78, 5) is 14.9. The van der Waals surface area contributed by atoms with E-state index >= 15 is 0 Å². The molecular formula is C21H32N2O2. The molecule has 138 valence electrons. The number of amides is 1. The van der Waals surface area contributed by atoms with Gasteiger partial charge in [0.2, 0.25) is 5.91 Å². The highest BCUT2D eigenvalue weighted by Crippen LogP contribution is 2.22. The van der Waals surface area contributed by atoms with Crippen molar-refractivity contribution < 1.29 is 9.53 Å². The molecule has 1 amide bonds. The number of morpholine rings is 1. The van der Waals surface area contributed by atoms with Crippen molar-refractivity contribution in [3.8, 4) is 0 Å². The number of rotatable bonds is 6. The zero-order chi connectivity index (χ0) is 17.6. The molecule has 4 nitrogen and oxygen atoms in total. The number of fused-ring (bicyclic) bond motifs is 1. The highest BCUT2D eigenvalue weighted by molar-refractivity contribution is 5.78. The Morgan fingerprint density at radius 3 is 2.60 bits per heavy atom. The Balaban J connectivity index is 1.52. The molecule has 1 unspecified atom stereocenters. The first-order chi connectivity index (χ1) is 12.1. The molecule has 0 spiro atoms. The lowest BCUT2D eigenvalue weighted by molar-refractivity contribution is -0.120. The summed E-state index contributed by atoms with van der Waals surface area (Å²) in [6, 6.07) is 6.99. The van der Waals surface area contributed by atoms with Gasteiger partial charge in [0.1, 0.15) is 0 Å². The lowest BCUT2D eigenvalue weighted by Crippen LogP contribution is -2.51. The van der Waals surface area contributed by atoms with E-state index in [4.69, 9.17) is 4.74 Å². The summed E-state index contributed by atoms with van der Waals surface area (Å²) in [5.74, 6) is 0.650. The van der Waals surface area contributed by atoms with Gasteiger partial charge in [0.15, 0.2) is 0 Å². The van der Waals surface area contributed by atoms with Gasteiger partial charge in [-0.3, -0.25) is 9.69 Å². The van der Waals surface area contributed by atoms with Gasteiger partial charge in [-0.2, -0.15) is 0 Å². The standard InChI is InChI=1S/C21H32N2O2/c1-16(2)20(23-9-11-25-12-10-23)15-22-21(24)14-17-7-8-18-5-3-4-6-19(18)13-17/h7-8,13,16,20H,3-6,9-12,14-15H2,1-2H3,(H,22,24). The van der Waals surface area contributed by atoms with Crippen LogP contribution < -0.4 is 5.32 Å². The van der Waals surface area contributed by atoms with E-state index in [0.717, 1.165) is 44.8 Å². The molecule has 0 bridgehead atoms. The van der Waals surface area contributed by atoms with Gasteiger partial charge in [0.05, 0.1) is 19.6 Å². The van der Waals surface area contributed by atoms with E-state index in [1.54, 1.807) is 0 Å². The van der Waals surface area contributed by atoms with E-state index < -0.39 is 0 Å². The number of hydrogen-bond donors (Lipinski definition) is 1. The Kier molecular flexibility index (Phi) is 6.49. The lowest BCUT2D eigenvalue weighted by atomic mass is 9.90. The summed E-state index contributed by atoms with van der Waals surface area (Å²) in [7, 11) is 0. The Hall–Kier alpha value is -1.39. The van der Waals surface area contributed by atoms with Crippen LogP contribution in [0.4, 0.5) is 0 Å². The third kappa shape index (κ3) is 5.05. The molecule has 1 aliphatic carbocycles. The monoisotopic (exact) mass is 344 g/mol. The third-order valence-corrected chi connectivity index (χ3v) is 5.57. The number of aryl methyl sites for hydroxylation is 2. The van der Waals surface area contributed by atoms with Crippen molar-refractivity contribution >= 4 is 5.91 Å². The number of ether oxygens (including phenoxy) is 1. The second-order valence-electron chi connectivity index (χ2n) is 7.75. The number of nitrogens with one attached hydrogen (secondary N) is 1. The molecule has 3 rings (SSSR count). The molecule has 1 atom stereocenters. The maximum absolute atomic E-state index is 12.4. The molecule has 0 radical (unpaired) electrons. The maximum Gasteiger partial charge on any atom is 0.224 e. The molecule has 1 fully saturated rings. The van der Waals surface area contributed by atoms with Crippen LogP contribution in [0.3, 0.4) is 0 Å². The minimum atomic E-state index is 0.134. The molecule has 1 aliphatic heterocycles. The van der Waals surface area contributed by atoms with Crippen LogP contribution in [0.1, 0.15) is 43.4 Å². The fourth-order valence-corrected chi connectivity index (χ4v) is 4.06. The Morgan fingerprint density at radius 2 is 1.88 bits per heavy atom. The SMILES string of the molecule is CC(C)C(CNC(=O)Cc1ccc2c(c1)CCCC2)N1CCOCC1. The van der Waals surface area contributed by atoms with Gasteiger partial charge >= 0.3 is 0 Å². The minimum Gasteiger partial charge on any atom is -0.379 e. The zero-order valence-corrected chi connectivity index (χ0v) is 15.7. The summed E-state index contributed by atoms with van der Waals surface area (Å²) in [5.41, 5.74) is 4.07. The van der Waals surface area contributed by atoms with Crippen molar-refractivity contribution in [2.24, 2.45) is 5.92 Å². The van der Waals surface area contributed by atoms with Crippen LogP contribution in [0.5, 0.6) is 0 Å². The fourth-order valence-electron chi connectivity index (χ4n) is 4.06. The average Bonchev–Trinajstić information content (AvgIpc) is 2.62. The van der Waals surface area contributed by atoms with E-state index in [9.17, 15) is 4.79 Å². The third-order valence-electron chi connectivity index (χ3n) is 5.57. The lowest BCUT2D eigenvalue weighted by Gasteiger charge is -2.36. The van der Waals surface area contributed by atoms with Crippen molar-refractivity contribution in [2.75, 3.05) is 32.8 Å². The number of carbonyl (C=O) groups is 1.